The Morgan fingerprint density at radius 1 is 0.583 bits per heavy atom. The molecule has 144 valence electrons. The van der Waals surface area contributed by atoms with Crippen molar-refractivity contribution in [2.75, 3.05) is 39.3 Å². The maximum Gasteiger partial charge on any atom is 0.0113 e. The van der Waals surface area contributed by atoms with Crippen LogP contribution < -0.4 is 0 Å². The predicted octanol–water partition coefficient (Wildman–Crippen LogP) is 4.18. The summed E-state index contributed by atoms with van der Waals surface area (Å²) in [6, 6.07) is 2.19. The molecule has 24 heavy (non-hydrogen) atoms. The lowest BCUT2D eigenvalue weighted by molar-refractivity contribution is 0.0887. The first kappa shape index (κ1) is 21.9. The van der Waals surface area contributed by atoms with E-state index in [2.05, 4.69) is 70.1 Å². The van der Waals surface area contributed by atoms with Crippen molar-refractivity contribution >= 4 is 0 Å². The van der Waals surface area contributed by atoms with Crippen molar-refractivity contribution in [1.29, 1.82) is 0 Å². The van der Waals surface area contributed by atoms with Crippen LogP contribution in [0.5, 0.6) is 0 Å². The van der Waals surface area contributed by atoms with Gasteiger partial charge in [0.1, 0.15) is 0 Å². The van der Waals surface area contributed by atoms with Crippen molar-refractivity contribution < 1.29 is 0 Å². The highest BCUT2D eigenvalue weighted by Gasteiger charge is 2.23. The fourth-order valence-corrected chi connectivity index (χ4v) is 3.82. The van der Waals surface area contributed by atoms with E-state index in [1.165, 1.54) is 52.1 Å². The summed E-state index contributed by atoms with van der Waals surface area (Å²) in [5.41, 5.74) is 0. The Morgan fingerprint density at radius 2 is 1.00 bits per heavy atom. The van der Waals surface area contributed by atoms with E-state index in [4.69, 9.17) is 0 Å². The van der Waals surface area contributed by atoms with Crippen LogP contribution >= 0.6 is 0 Å². The van der Waals surface area contributed by atoms with Crippen LogP contribution in [0.2, 0.25) is 0 Å². The molecule has 0 saturated carbocycles. The third-order valence-corrected chi connectivity index (χ3v) is 5.97. The maximum atomic E-state index is 2.62. The zero-order chi connectivity index (χ0) is 18.3. The molecule has 0 aliphatic carbocycles. The Hall–Kier alpha value is -0.120. The van der Waals surface area contributed by atoms with Gasteiger partial charge in [0.25, 0.3) is 0 Å². The fourth-order valence-electron chi connectivity index (χ4n) is 3.82. The predicted molar refractivity (Wildman–Crippen MR) is 108 cm³/mol. The van der Waals surface area contributed by atoms with E-state index in [9.17, 15) is 0 Å². The van der Waals surface area contributed by atoms with Gasteiger partial charge in [-0.25, -0.2) is 0 Å². The van der Waals surface area contributed by atoms with Crippen molar-refractivity contribution in [3.05, 3.63) is 0 Å². The minimum Gasteiger partial charge on any atom is -0.301 e. The average molecular weight is 340 g/mol. The Kier molecular flexibility index (Phi) is 9.84. The highest BCUT2D eigenvalue weighted by Crippen LogP contribution is 2.24. The van der Waals surface area contributed by atoms with Crippen LogP contribution in [0.4, 0.5) is 0 Å². The monoisotopic (exact) mass is 339 g/mol. The molecule has 3 heteroatoms. The van der Waals surface area contributed by atoms with Gasteiger partial charge in [-0.3, -0.25) is 9.80 Å². The first-order chi connectivity index (χ1) is 11.2. The number of hydrogen-bond donors (Lipinski definition) is 0. The first-order valence-corrected chi connectivity index (χ1v) is 10.4. The minimum atomic E-state index is 0.722. The third kappa shape index (κ3) is 7.41. The summed E-state index contributed by atoms with van der Waals surface area (Å²) in [6.45, 7) is 26.1. The van der Waals surface area contributed by atoms with Crippen molar-refractivity contribution in [3.63, 3.8) is 0 Å². The highest BCUT2D eigenvalue weighted by molar-refractivity contribution is 4.77. The van der Waals surface area contributed by atoms with Crippen LogP contribution in [-0.4, -0.2) is 72.1 Å². The minimum absolute atomic E-state index is 0.722. The van der Waals surface area contributed by atoms with Crippen molar-refractivity contribution in [2.24, 2.45) is 11.8 Å². The smallest absolute Gasteiger partial charge is 0.0113 e. The number of piperazine rings is 1. The molecular formula is C21H45N3. The summed E-state index contributed by atoms with van der Waals surface area (Å²) in [6.07, 6.45) is 2.85. The molecule has 1 atom stereocenters. The molecule has 2 fully saturated rings. The Labute approximate surface area is 152 Å². The van der Waals surface area contributed by atoms with Crippen LogP contribution in [0.15, 0.2) is 0 Å². The van der Waals surface area contributed by atoms with Crippen LogP contribution in [0.1, 0.15) is 68.2 Å². The molecule has 0 N–H and O–H groups in total. The Bertz CT molecular complexity index is 287. The molecule has 2 saturated heterocycles. The summed E-state index contributed by atoms with van der Waals surface area (Å²) >= 11 is 0. The molecule has 0 aromatic rings. The quantitative estimate of drug-likeness (QED) is 0.760. The molecule has 2 aliphatic heterocycles. The van der Waals surface area contributed by atoms with E-state index in [1.54, 1.807) is 0 Å². The summed E-state index contributed by atoms with van der Waals surface area (Å²) in [4.78, 5) is 7.73. The van der Waals surface area contributed by atoms with Gasteiger partial charge < -0.3 is 4.90 Å². The second kappa shape index (κ2) is 10.8. The largest absolute Gasteiger partial charge is 0.301 e. The topological polar surface area (TPSA) is 9.72 Å². The normalized spacial score (nSPS) is 24.8. The lowest BCUT2D eigenvalue weighted by Crippen LogP contribution is -2.50. The SMILES string of the molecule is CC(C)C1CCCN(C(C)C)C1.CC(C)N1CCN(C(C)C)CC1. The van der Waals surface area contributed by atoms with E-state index >= 15 is 0 Å². The van der Waals surface area contributed by atoms with Crippen LogP contribution in [0.25, 0.3) is 0 Å². The van der Waals surface area contributed by atoms with Crippen LogP contribution in [0, 0.1) is 11.8 Å². The molecule has 0 spiro atoms. The summed E-state index contributed by atoms with van der Waals surface area (Å²) in [7, 11) is 0. The van der Waals surface area contributed by atoms with Crippen molar-refractivity contribution in [2.45, 2.75) is 86.4 Å². The number of hydrogen-bond acceptors (Lipinski definition) is 3. The average Bonchev–Trinajstić information content (AvgIpc) is 2.55. The summed E-state index contributed by atoms with van der Waals surface area (Å²) < 4.78 is 0. The van der Waals surface area contributed by atoms with E-state index in [0.29, 0.717) is 0 Å². The molecule has 2 rings (SSSR count). The van der Waals surface area contributed by atoms with Gasteiger partial charge in [-0.15, -0.1) is 0 Å². The van der Waals surface area contributed by atoms with Gasteiger partial charge in [0.2, 0.25) is 0 Å². The van der Waals surface area contributed by atoms with Gasteiger partial charge >= 0.3 is 0 Å². The molecule has 0 aromatic heterocycles. The van der Waals surface area contributed by atoms with E-state index < -0.39 is 0 Å². The van der Waals surface area contributed by atoms with E-state index in [-0.39, 0.29) is 0 Å². The molecule has 2 aliphatic rings. The van der Waals surface area contributed by atoms with Crippen LogP contribution in [0.3, 0.4) is 0 Å². The third-order valence-electron chi connectivity index (χ3n) is 5.97. The van der Waals surface area contributed by atoms with Crippen LogP contribution in [-0.2, 0) is 0 Å². The fraction of sp³-hybridized carbons (Fsp3) is 1.00. The standard InChI is InChI=1S/C11H23N.C10H22N2/c1-9(2)11-6-5-7-12(8-11)10(3)4;1-9(2)11-5-7-12(8-6-11)10(3)4/h9-11H,5-8H2,1-4H3;9-10H,5-8H2,1-4H3. The molecule has 0 aromatic carbocycles. The first-order valence-electron chi connectivity index (χ1n) is 10.4. The molecule has 2 heterocycles. The highest BCUT2D eigenvalue weighted by atomic mass is 15.3. The zero-order valence-corrected chi connectivity index (χ0v) is 17.9. The maximum absolute atomic E-state index is 2.62. The Balaban J connectivity index is 0.000000240. The second-order valence-corrected chi connectivity index (χ2v) is 8.99. The number of rotatable bonds is 4. The van der Waals surface area contributed by atoms with Gasteiger partial charge in [0.15, 0.2) is 0 Å². The van der Waals surface area contributed by atoms with Gasteiger partial charge in [0, 0.05) is 50.8 Å². The number of nitrogens with zero attached hydrogens (tertiary/aromatic N) is 3. The molecule has 0 bridgehead atoms. The lowest BCUT2D eigenvalue weighted by atomic mass is 9.87. The summed E-state index contributed by atoms with van der Waals surface area (Å²) in [5, 5.41) is 0. The Morgan fingerprint density at radius 3 is 1.33 bits per heavy atom. The van der Waals surface area contributed by atoms with E-state index in [1.807, 2.05) is 0 Å². The molecule has 0 amide bonds. The molecule has 3 nitrogen and oxygen atoms in total. The molecule has 1 unspecified atom stereocenters. The van der Waals surface area contributed by atoms with Crippen molar-refractivity contribution in [1.82, 2.24) is 14.7 Å². The van der Waals surface area contributed by atoms with E-state index in [0.717, 1.165) is 30.0 Å². The van der Waals surface area contributed by atoms with Gasteiger partial charge in [-0.1, -0.05) is 13.8 Å². The molecule has 0 radical (unpaired) electrons. The lowest BCUT2D eigenvalue weighted by Gasteiger charge is -2.38. The zero-order valence-electron chi connectivity index (χ0n) is 17.9. The summed E-state index contributed by atoms with van der Waals surface area (Å²) in [5.74, 6) is 1.81. The van der Waals surface area contributed by atoms with Gasteiger partial charge in [0.05, 0.1) is 0 Å². The number of likely N-dealkylation sites (tertiary alicyclic amines) is 1. The second-order valence-electron chi connectivity index (χ2n) is 8.99. The van der Waals surface area contributed by atoms with Gasteiger partial charge in [-0.05, 0) is 72.8 Å². The molecular weight excluding hydrogens is 294 g/mol. The van der Waals surface area contributed by atoms with Gasteiger partial charge in [-0.2, -0.15) is 0 Å². The number of piperidine rings is 1. The van der Waals surface area contributed by atoms with Crippen molar-refractivity contribution in [3.8, 4) is 0 Å².